The first kappa shape index (κ1) is 12.3. The lowest BCUT2D eigenvalue weighted by molar-refractivity contribution is 0.0926. The van der Waals surface area contributed by atoms with Gasteiger partial charge in [0.05, 0.1) is 19.3 Å². The number of ether oxygens (including phenoxy) is 1. The van der Waals surface area contributed by atoms with E-state index in [-0.39, 0.29) is 0 Å². The van der Waals surface area contributed by atoms with Gasteiger partial charge in [0.2, 0.25) is 0 Å². The lowest BCUT2D eigenvalue weighted by Gasteiger charge is -2.36. The number of aromatic nitrogens is 1. The van der Waals surface area contributed by atoms with E-state index < -0.39 is 0 Å². The molecular weight excluding hydrogens is 214 g/mol. The number of morpholine rings is 1. The molecule has 1 saturated heterocycles. The first-order chi connectivity index (χ1) is 8.35. The van der Waals surface area contributed by atoms with Crippen LogP contribution in [0, 0.1) is 0 Å². The van der Waals surface area contributed by atoms with Gasteiger partial charge in [-0.3, -0.25) is 0 Å². The number of anilines is 1. The molecule has 2 heterocycles. The number of rotatable bonds is 4. The summed E-state index contributed by atoms with van der Waals surface area (Å²) < 4.78 is 5.50. The molecule has 4 heteroatoms. The Morgan fingerprint density at radius 2 is 2.41 bits per heavy atom. The summed E-state index contributed by atoms with van der Waals surface area (Å²) in [7, 11) is 0. The highest BCUT2D eigenvalue weighted by molar-refractivity contribution is 5.41. The zero-order valence-electron chi connectivity index (χ0n) is 10.4. The average molecular weight is 235 g/mol. The van der Waals surface area contributed by atoms with Crippen LogP contribution in [-0.4, -0.2) is 37.3 Å². The minimum Gasteiger partial charge on any atom is -0.377 e. The molecule has 0 radical (unpaired) electrons. The molecule has 0 bridgehead atoms. The van der Waals surface area contributed by atoms with Crippen LogP contribution in [0.5, 0.6) is 0 Å². The van der Waals surface area contributed by atoms with Crippen molar-refractivity contribution in [3.05, 3.63) is 23.9 Å². The topological polar surface area (TPSA) is 51.4 Å². The molecule has 1 aromatic heterocycles. The van der Waals surface area contributed by atoms with Crippen LogP contribution in [0.15, 0.2) is 18.3 Å². The van der Waals surface area contributed by atoms with Crippen molar-refractivity contribution in [1.29, 1.82) is 0 Å². The van der Waals surface area contributed by atoms with Crippen molar-refractivity contribution in [2.75, 3.05) is 31.2 Å². The Morgan fingerprint density at radius 1 is 1.53 bits per heavy atom. The molecule has 4 nitrogen and oxygen atoms in total. The summed E-state index contributed by atoms with van der Waals surface area (Å²) in [6, 6.07) is 4.67. The monoisotopic (exact) mass is 235 g/mol. The predicted molar refractivity (Wildman–Crippen MR) is 69.2 cm³/mol. The van der Waals surface area contributed by atoms with Gasteiger partial charge in [-0.05, 0) is 31.0 Å². The fraction of sp³-hybridized carbons (Fsp3) is 0.615. The normalized spacial score (nSPS) is 20.6. The van der Waals surface area contributed by atoms with Crippen molar-refractivity contribution >= 4 is 5.82 Å². The van der Waals surface area contributed by atoms with Gasteiger partial charge in [-0.1, -0.05) is 13.0 Å². The van der Waals surface area contributed by atoms with Crippen molar-refractivity contribution < 1.29 is 4.74 Å². The van der Waals surface area contributed by atoms with E-state index in [9.17, 15) is 0 Å². The van der Waals surface area contributed by atoms with Crippen molar-refractivity contribution in [3.63, 3.8) is 0 Å². The molecule has 0 aromatic carbocycles. The lowest BCUT2D eigenvalue weighted by atomic mass is 10.1. The highest BCUT2D eigenvalue weighted by atomic mass is 16.5. The molecule has 0 aliphatic carbocycles. The smallest absolute Gasteiger partial charge is 0.128 e. The minimum absolute atomic E-state index is 0.455. The fourth-order valence-electron chi connectivity index (χ4n) is 2.20. The summed E-state index contributed by atoms with van der Waals surface area (Å²) >= 11 is 0. The molecule has 1 unspecified atom stereocenters. The fourth-order valence-corrected chi connectivity index (χ4v) is 2.20. The highest BCUT2D eigenvalue weighted by Crippen LogP contribution is 2.19. The van der Waals surface area contributed by atoms with E-state index in [1.165, 1.54) is 5.56 Å². The molecule has 1 atom stereocenters. The van der Waals surface area contributed by atoms with Crippen LogP contribution in [0.2, 0.25) is 0 Å². The zero-order chi connectivity index (χ0) is 12.1. The Morgan fingerprint density at radius 3 is 3.06 bits per heavy atom. The zero-order valence-corrected chi connectivity index (χ0v) is 10.4. The molecule has 17 heavy (non-hydrogen) atoms. The quantitative estimate of drug-likeness (QED) is 0.852. The largest absolute Gasteiger partial charge is 0.377 e. The van der Waals surface area contributed by atoms with E-state index in [2.05, 4.69) is 28.9 Å². The maximum atomic E-state index is 5.53. The van der Waals surface area contributed by atoms with E-state index in [0.717, 1.165) is 38.4 Å². The second kappa shape index (κ2) is 5.98. The number of nitrogens with zero attached hydrogens (tertiary/aromatic N) is 2. The predicted octanol–water partition coefficient (Wildman–Crippen LogP) is 1.20. The SMILES string of the molecule is CCC1COCCN1c1ccc(CCN)cn1. The van der Waals surface area contributed by atoms with Crippen LogP contribution in [0.25, 0.3) is 0 Å². The third-order valence-corrected chi connectivity index (χ3v) is 3.24. The molecule has 2 N–H and O–H groups in total. The van der Waals surface area contributed by atoms with Crippen LogP contribution in [0.4, 0.5) is 5.82 Å². The third-order valence-electron chi connectivity index (χ3n) is 3.24. The molecule has 1 aliphatic heterocycles. The van der Waals surface area contributed by atoms with Gasteiger partial charge >= 0.3 is 0 Å². The Hall–Kier alpha value is -1.13. The molecular formula is C13H21N3O. The average Bonchev–Trinajstić information content (AvgIpc) is 2.40. The molecule has 0 amide bonds. The Kier molecular flexibility index (Phi) is 4.34. The maximum Gasteiger partial charge on any atom is 0.128 e. The molecule has 0 spiro atoms. The standard InChI is InChI=1S/C13H21N3O/c1-2-12-10-17-8-7-16(12)13-4-3-11(5-6-14)9-15-13/h3-4,9,12H,2,5-8,10,14H2,1H3. The van der Waals surface area contributed by atoms with E-state index >= 15 is 0 Å². The van der Waals surface area contributed by atoms with Gasteiger partial charge in [0.25, 0.3) is 0 Å². The summed E-state index contributed by atoms with van der Waals surface area (Å²) in [5.74, 6) is 1.06. The first-order valence-electron chi connectivity index (χ1n) is 6.34. The molecule has 1 aliphatic rings. The van der Waals surface area contributed by atoms with Gasteiger partial charge in [0.1, 0.15) is 5.82 Å². The van der Waals surface area contributed by atoms with Crippen LogP contribution < -0.4 is 10.6 Å². The Balaban J connectivity index is 2.09. The highest BCUT2D eigenvalue weighted by Gasteiger charge is 2.22. The summed E-state index contributed by atoms with van der Waals surface area (Å²) in [6.07, 6.45) is 3.92. The van der Waals surface area contributed by atoms with Crippen LogP contribution >= 0.6 is 0 Å². The number of pyridine rings is 1. The van der Waals surface area contributed by atoms with Crippen molar-refractivity contribution in [2.24, 2.45) is 5.73 Å². The summed E-state index contributed by atoms with van der Waals surface area (Å²) in [4.78, 5) is 6.88. The van der Waals surface area contributed by atoms with Crippen LogP contribution in [0.3, 0.4) is 0 Å². The van der Waals surface area contributed by atoms with Crippen LogP contribution in [-0.2, 0) is 11.2 Å². The van der Waals surface area contributed by atoms with Crippen molar-refractivity contribution in [3.8, 4) is 0 Å². The van der Waals surface area contributed by atoms with Gasteiger partial charge in [-0.15, -0.1) is 0 Å². The summed E-state index contributed by atoms with van der Waals surface area (Å²) in [6.45, 7) is 5.40. The van der Waals surface area contributed by atoms with E-state index in [1.54, 1.807) is 0 Å². The molecule has 1 aromatic rings. The maximum absolute atomic E-state index is 5.53. The molecule has 1 fully saturated rings. The Labute approximate surface area is 103 Å². The van der Waals surface area contributed by atoms with Crippen molar-refractivity contribution in [2.45, 2.75) is 25.8 Å². The molecule has 94 valence electrons. The number of hydrogen-bond donors (Lipinski definition) is 1. The molecule has 2 rings (SSSR count). The minimum atomic E-state index is 0.455. The van der Waals surface area contributed by atoms with E-state index in [4.69, 9.17) is 10.5 Å². The number of hydrogen-bond acceptors (Lipinski definition) is 4. The van der Waals surface area contributed by atoms with Gasteiger partial charge in [-0.2, -0.15) is 0 Å². The van der Waals surface area contributed by atoms with Crippen LogP contribution in [0.1, 0.15) is 18.9 Å². The number of nitrogens with two attached hydrogens (primary N) is 1. The first-order valence-corrected chi connectivity index (χ1v) is 6.34. The summed E-state index contributed by atoms with van der Waals surface area (Å²) in [5.41, 5.74) is 6.74. The van der Waals surface area contributed by atoms with Crippen molar-refractivity contribution in [1.82, 2.24) is 4.98 Å². The lowest BCUT2D eigenvalue weighted by Crippen LogP contribution is -2.45. The molecule has 0 saturated carbocycles. The van der Waals surface area contributed by atoms with Gasteiger partial charge < -0.3 is 15.4 Å². The third kappa shape index (κ3) is 2.96. The van der Waals surface area contributed by atoms with Gasteiger partial charge in [0, 0.05) is 12.7 Å². The van der Waals surface area contributed by atoms with E-state index in [1.807, 2.05) is 6.20 Å². The van der Waals surface area contributed by atoms with Gasteiger partial charge in [0.15, 0.2) is 0 Å². The Bertz CT molecular complexity index is 339. The van der Waals surface area contributed by atoms with E-state index in [0.29, 0.717) is 12.6 Å². The second-order valence-electron chi connectivity index (χ2n) is 4.39. The van der Waals surface area contributed by atoms with Gasteiger partial charge in [-0.25, -0.2) is 4.98 Å². The summed E-state index contributed by atoms with van der Waals surface area (Å²) in [5, 5.41) is 0. The second-order valence-corrected chi connectivity index (χ2v) is 4.39.